The molecule has 7 heteroatoms. The summed E-state index contributed by atoms with van der Waals surface area (Å²) in [5.74, 6) is -0.565. The minimum absolute atomic E-state index is 0.166. The van der Waals surface area contributed by atoms with Crippen LogP contribution in [0.4, 0.5) is 0 Å². The van der Waals surface area contributed by atoms with Crippen LogP contribution >= 0.6 is 0 Å². The molecule has 0 aliphatic carbocycles. The van der Waals surface area contributed by atoms with Gasteiger partial charge in [0.15, 0.2) is 5.69 Å². The van der Waals surface area contributed by atoms with Gasteiger partial charge in [0.25, 0.3) is 5.91 Å². The Kier molecular flexibility index (Phi) is 4.68. The molecule has 3 N–H and O–H groups in total. The largest absolute Gasteiger partial charge is 0.391 e. The van der Waals surface area contributed by atoms with Crippen molar-refractivity contribution < 1.29 is 9.90 Å². The van der Waals surface area contributed by atoms with E-state index < -0.39 is 12.0 Å². The third-order valence-electron chi connectivity index (χ3n) is 4.17. The number of aliphatic hydroxyl groups excluding tert-OH is 1. The number of rotatable bonds is 6. The number of β-amino-alcohol motifs (C(OH)–C–C–N with tert-alkyl or cyclic N) is 1. The molecule has 1 unspecified atom stereocenters. The van der Waals surface area contributed by atoms with Crippen LogP contribution in [0.1, 0.15) is 28.5 Å². The molecule has 1 aromatic heterocycles. The van der Waals surface area contributed by atoms with Gasteiger partial charge in [0, 0.05) is 19.6 Å². The number of aromatic nitrogens is 3. The first kappa shape index (κ1) is 15.6. The molecule has 0 radical (unpaired) electrons. The second kappa shape index (κ2) is 6.89. The van der Waals surface area contributed by atoms with Gasteiger partial charge in [-0.25, -0.2) is 4.68 Å². The van der Waals surface area contributed by atoms with Gasteiger partial charge in [-0.3, -0.25) is 9.69 Å². The number of hydrogen-bond acceptors (Lipinski definition) is 5. The summed E-state index contributed by atoms with van der Waals surface area (Å²) in [6.07, 6.45) is 2.77. The van der Waals surface area contributed by atoms with Crippen LogP contribution in [0, 0.1) is 0 Å². The van der Waals surface area contributed by atoms with Crippen LogP contribution < -0.4 is 5.73 Å². The fourth-order valence-corrected chi connectivity index (χ4v) is 3.01. The zero-order valence-corrected chi connectivity index (χ0v) is 12.9. The van der Waals surface area contributed by atoms with Gasteiger partial charge in [0.2, 0.25) is 0 Å². The first-order valence-electron chi connectivity index (χ1n) is 7.78. The molecule has 23 heavy (non-hydrogen) atoms. The van der Waals surface area contributed by atoms with E-state index in [1.54, 1.807) is 10.9 Å². The lowest BCUT2D eigenvalue weighted by Crippen LogP contribution is -2.32. The van der Waals surface area contributed by atoms with Crippen LogP contribution in [0.5, 0.6) is 0 Å². The van der Waals surface area contributed by atoms with E-state index in [-0.39, 0.29) is 11.7 Å². The van der Waals surface area contributed by atoms with E-state index in [1.807, 2.05) is 30.3 Å². The molecule has 1 amide bonds. The first-order chi connectivity index (χ1) is 11.1. The second-order valence-electron chi connectivity index (χ2n) is 5.99. The maximum absolute atomic E-state index is 11.1. The van der Waals surface area contributed by atoms with Gasteiger partial charge >= 0.3 is 0 Å². The maximum Gasteiger partial charge on any atom is 0.270 e. The van der Waals surface area contributed by atoms with Gasteiger partial charge in [-0.2, -0.15) is 0 Å². The summed E-state index contributed by atoms with van der Waals surface area (Å²) in [6, 6.07) is 10.1. The lowest BCUT2D eigenvalue weighted by Gasteiger charge is -2.20. The Morgan fingerprint density at radius 1 is 1.39 bits per heavy atom. The van der Waals surface area contributed by atoms with E-state index in [1.165, 1.54) is 0 Å². The molecule has 122 valence electrons. The standard InChI is InChI=1S/C16H21N5O2/c17-16(23)15-11-21(19-18-15)13-6-7-20(9-13)10-14(22)8-12-4-2-1-3-5-12/h1-5,11,13-14,22H,6-10H2,(H2,17,23)/t13?,14-/m0/s1. The van der Waals surface area contributed by atoms with Crippen molar-refractivity contribution in [3.8, 4) is 0 Å². The number of carbonyl (C=O) groups excluding carboxylic acids is 1. The highest BCUT2D eigenvalue weighted by Crippen LogP contribution is 2.21. The Labute approximate surface area is 134 Å². The number of amides is 1. The van der Waals surface area contributed by atoms with Crippen LogP contribution in [0.15, 0.2) is 36.5 Å². The average Bonchev–Trinajstić information content (AvgIpc) is 3.16. The number of benzene rings is 1. The zero-order chi connectivity index (χ0) is 16.2. The summed E-state index contributed by atoms with van der Waals surface area (Å²) in [6.45, 7) is 2.30. The van der Waals surface area contributed by atoms with E-state index in [0.29, 0.717) is 13.0 Å². The van der Waals surface area contributed by atoms with Crippen LogP contribution in [-0.4, -0.2) is 56.6 Å². The monoisotopic (exact) mass is 315 g/mol. The van der Waals surface area contributed by atoms with Crippen molar-refractivity contribution in [3.63, 3.8) is 0 Å². The molecule has 0 bridgehead atoms. The maximum atomic E-state index is 11.1. The lowest BCUT2D eigenvalue weighted by molar-refractivity contribution is 0.0995. The first-order valence-corrected chi connectivity index (χ1v) is 7.78. The molecule has 1 fully saturated rings. The molecule has 2 heterocycles. The normalized spacial score (nSPS) is 19.8. The average molecular weight is 315 g/mol. The van der Waals surface area contributed by atoms with Crippen molar-refractivity contribution in [3.05, 3.63) is 47.8 Å². The van der Waals surface area contributed by atoms with Gasteiger partial charge in [-0.05, 0) is 18.4 Å². The SMILES string of the molecule is NC(=O)c1cn(C2CCN(C[C@@H](O)Cc3ccccc3)C2)nn1. The molecular formula is C16H21N5O2. The van der Waals surface area contributed by atoms with Crippen molar-refractivity contribution >= 4 is 5.91 Å². The molecule has 2 aromatic rings. The van der Waals surface area contributed by atoms with Crippen LogP contribution in [-0.2, 0) is 6.42 Å². The van der Waals surface area contributed by atoms with E-state index in [0.717, 1.165) is 25.1 Å². The summed E-state index contributed by atoms with van der Waals surface area (Å²) >= 11 is 0. The topological polar surface area (TPSA) is 97.3 Å². The summed E-state index contributed by atoms with van der Waals surface area (Å²) in [5, 5.41) is 18.0. The summed E-state index contributed by atoms with van der Waals surface area (Å²) in [5.41, 5.74) is 6.52. The van der Waals surface area contributed by atoms with Crippen LogP contribution in [0.3, 0.4) is 0 Å². The molecule has 1 aliphatic rings. The number of primary amides is 1. The van der Waals surface area contributed by atoms with Crippen molar-refractivity contribution in [2.75, 3.05) is 19.6 Å². The third-order valence-corrected chi connectivity index (χ3v) is 4.17. The van der Waals surface area contributed by atoms with Gasteiger partial charge in [0.05, 0.1) is 18.3 Å². The Hall–Kier alpha value is -2.25. The molecule has 1 aliphatic heterocycles. The molecule has 3 rings (SSSR count). The summed E-state index contributed by atoms with van der Waals surface area (Å²) < 4.78 is 1.70. The Morgan fingerprint density at radius 2 is 2.17 bits per heavy atom. The van der Waals surface area contributed by atoms with Gasteiger partial charge < -0.3 is 10.8 Å². The predicted molar refractivity (Wildman–Crippen MR) is 84.8 cm³/mol. The van der Waals surface area contributed by atoms with E-state index in [4.69, 9.17) is 5.73 Å². The number of nitrogens with two attached hydrogens (primary N) is 1. The number of hydrogen-bond donors (Lipinski definition) is 2. The van der Waals surface area contributed by atoms with E-state index in [2.05, 4.69) is 15.2 Å². The smallest absolute Gasteiger partial charge is 0.270 e. The number of likely N-dealkylation sites (tertiary alicyclic amines) is 1. The molecule has 1 saturated heterocycles. The number of aliphatic hydroxyl groups is 1. The quantitative estimate of drug-likeness (QED) is 0.795. The minimum atomic E-state index is -0.565. The van der Waals surface area contributed by atoms with E-state index >= 15 is 0 Å². The molecular weight excluding hydrogens is 294 g/mol. The second-order valence-corrected chi connectivity index (χ2v) is 5.99. The Morgan fingerprint density at radius 3 is 2.87 bits per heavy atom. The lowest BCUT2D eigenvalue weighted by atomic mass is 10.1. The third kappa shape index (κ3) is 3.94. The fraction of sp³-hybridized carbons (Fsp3) is 0.438. The predicted octanol–water partition coefficient (Wildman–Crippen LogP) is 0.227. The molecule has 1 aromatic carbocycles. The minimum Gasteiger partial charge on any atom is -0.391 e. The van der Waals surface area contributed by atoms with Crippen molar-refractivity contribution in [1.29, 1.82) is 0 Å². The molecule has 7 nitrogen and oxygen atoms in total. The van der Waals surface area contributed by atoms with Gasteiger partial charge in [-0.1, -0.05) is 35.5 Å². The molecule has 0 spiro atoms. The van der Waals surface area contributed by atoms with Crippen molar-refractivity contribution in [1.82, 2.24) is 19.9 Å². The van der Waals surface area contributed by atoms with Gasteiger partial charge in [0.1, 0.15) is 0 Å². The highest BCUT2D eigenvalue weighted by Gasteiger charge is 2.26. The zero-order valence-electron chi connectivity index (χ0n) is 12.9. The van der Waals surface area contributed by atoms with Crippen molar-refractivity contribution in [2.24, 2.45) is 5.73 Å². The van der Waals surface area contributed by atoms with Crippen LogP contribution in [0.2, 0.25) is 0 Å². The number of carbonyl (C=O) groups is 1. The Bertz CT molecular complexity index is 658. The summed E-state index contributed by atoms with van der Waals surface area (Å²) in [7, 11) is 0. The number of nitrogens with zero attached hydrogens (tertiary/aromatic N) is 4. The Balaban J connectivity index is 1.52. The fourth-order valence-electron chi connectivity index (χ4n) is 3.01. The van der Waals surface area contributed by atoms with Crippen molar-refractivity contribution in [2.45, 2.75) is 25.0 Å². The highest BCUT2D eigenvalue weighted by atomic mass is 16.3. The van der Waals surface area contributed by atoms with Gasteiger partial charge in [-0.15, -0.1) is 5.10 Å². The highest BCUT2D eigenvalue weighted by molar-refractivity contribution is 5.90. The molecule has 2 atom stereocenters. The summed E-state index contributed by atoms with van der Waals surface area (Å²) in [4.78, 5) is 13.3. The van der Waals surface area contributed by atoms with Crippen LogP contribution in [0.25, 0.3) is 0 Å². The van der Waals surface area contributed by atoms with E-state index in [9.17, 15) is 9.90 Å². The molecule has 0 saturated carbocycles.